The number of phenols is 1. The highest BCUT2D eigenvalue weighted by molar-refractivity contribution is 6.37. The number of hydrogen-bond acceptors (Lipinski definition) is 13. The van der Waals surface area contributed by atoms with Gasteiger partial charge in [0.2, 0.25) is 5.78 Å². The molecule has 464 valence electrons. The second-order valence-electron chi connectivity index (χ2n) is 21.7. The maximum Gasteiger partial charge on any atom is 0.419 e. The number of benzene rings is 6. The number of anilines is 1. The van der Waals surface area contributed by atoms with Crippen LogP contribution in [0.1, 0.15) is 158 Å². The molecule has 0 aliphatic heterocycles. The lowest BCUT2D eigenvalue weighted by molar-refractivity contribution is -0.111. The zero-order valence-corrected chi connectivity index (χ0v) is 52.2. The number of aliphatic imine (C=N–C) groups is 1. The highest BCUT2D eigenvalue weighted by Gasteiger charge is 2.22. The molecular formula is C70H85Cl2N5O10. The molecule has 0 fully saturated rings. The molecular weight excluding hydrogens is 1140 g/mol. The van der Waals surface area contributed by atoms with Crippen LogP contribution in [0.3, 0.4) is 0 Å². The van der Waals surface area contributed by atoms with E-state index in [-0.39, 0.29) is 64.4 Å². The zero-order valence-electron chi connectivity index (χ0n) is 50.7. The second-order valence-corrected chi connectivity index (χ2v) is 22.5. The number of ketones is 1. The second kappa shape index (κ2) is 36.3. The lowest BCUT2D eigenvalue weighted by Crippen LogP contribution is -2.32. The van der Waals surface area contributed by atoms with Crippen LogP contribution in [0.5, 0.6) is 40.2 Å². The number of halogens is 2. The van der Waals surface area contributed by atoms with Crippen LogP contribution in [-0.2, 0) is 11.4 Å². The Hall–Kier alpha value is -7.88. The van der Waals surface area contributed by atoms with Crippen LogP contribution < -0.4 is 49.7 Å². The van der Waals surface area contributed by atoms with Gasteiger partial charge in [0.15, 0.2) is 19.2 Å². The van der Waals surface area contributed by atoms with E-state index in [9.17, 15) is 19.5 Å². The molecule has 0 saturated heterocycles. The molecule has 17 heteroatoms. The summed E-state index contributed by atoms with van der Waals surface area (Å²) >= 11 is 13.7. The van der Waals surface area contributed by atoms with Crippen LogP contribution in [0.4, 0.5) is 16.2 Å². The first kappa shape index (κ1) is 66.6. The third-order valence-corrected chi connectivity index (χ3v) is 15.5. The van der Waals surface area contributed by atoms with Crippen molar-refractivity contribution in [3.05, 3.63) is 160 Å². The van der Waals surface area contributed by atoms with Gasteiger partial charge in [0.05, 0.1) is 57.3 Å². The summed E-state index contributed by atoms with van der Waals surface area (Å²) in [6.07, 6.45) is 27.7. The number of fused-ring (bicyclic) bond motifs is 1. The Morgan fingerprint density at radius 1 is 0.552 bits per heavy atom. The molecule has 0 atom stereocenters. The largest absolute Gasteiger partial charge is 0.506 e. The number of carbonyl (C=O) groups excluding carboxylic acids is 3. The Morgan fingerprint density at radius 3 is 1.53 bits per heavy atom. The van der Waals surface area contributed by atoms with Crippen LogP contribution in [0, 0.1) is 0 Å². The molecule has 0 radical (unpaired) electrons. The van der Waals surface area contributed by atoms with Crippen LogP contribution in [0.25, 0.3) is 10.8 Å². The van der Waals surface area contributed by atoms with Gasteiger partial charge in [-0.15, -0.1) is 0 Å². The molecule has 0 unspecified atom stereocenters. The van der Waals surface area contributed by atoms with Gasteiger partial charge in [-0.1, -0.05) is 183 Å². The normalized spacial score (nSPS) is 12.6. The van der Waals surface area contributed by atoms with Gasteiger partial charge in [-0.05, 0) is 109 Å². The number of allylic oxidation sites excluding steroid dienone is 2. The van der Waals surface area contributed by atoms with Crippen molar-refractivity contribution < 1.29 is 47.9 Å². The van der Waals surface area contributed by atoms with Crippen molar-refractivity contribution in [2.45, 2.75) is 149 Å². The monoisotopic (exact) mass is 1230 g/mol. The molecule has 2 amide bonds. The number of carbonyl (C=O) groups is 3. The van der Waals surface area contributed by atoms with Gasteiger partial charge < -0.3 is 49.9 Å². The molecule has 0 heterocycles. The molecule has 15 nitrogen and oxygen atoms in total. The molecule has 0 bridgehead atoms. The minimum atomic E-state index is -0.769. The maximum absolute atomic E-state index is 13.7. The Balaban J connectivity index is 0.935. The number of unbranched alkanes of at least 4 members (excludes halogenated alkanes) is 18. The lowest BCUT2D eigenvalue weighted by Gasteiger charge is -2.19. The highest BCUT2D eigenvalue weighted by Crippen LogP contribution is 2.39. The van der Waals surface area contributed by atoms with Gasteiger partial charge in [0.25, 0.3) is 5.91 Å². The fraction of sp³-hybridized carbons (Fsp3) is 0.400. The van der Waals surface area contributed by atoms with Crippen LogP contribution in [-0.4, -0.2) is 62.3 Å². The van der Waals surface area contributed by atoms with E-state index < -0.39 is 12.0 Å². The van der Waals surface area contributed by atoms with E-state index >= 15 is 0 Å². The van der Waals surface area contributed by atoms with E-state index in [1.165, 1.54) is 127 Å². The van der Waals surface area contributed by atoms with E-state index in [2.05, 4.69) is 24.5 Å². The molecule has 1 aliphatic rings. The molecule has 0 spiro atoms. The summed E-state index contributed by atoms with van der Waals surface area (Å²) in [6.45, 7) is 5.92. The maximum atomic E-state index is 13.7. The van der Waals surface area contributed by atoms with Gasteiger partial charge in [0.1, 0.15) is 41.1 Å². The quantitative estimate of drug-likeness (QED) is 0.0162. The number of nitrogens with two attached hydrogens (primary N) is 1. The minimum Gasteiger partial charge on any atom is -0.506 e. The fourth-order valence-corrected chi connectivity index (χ4v) is 10.5. The van der Waals surface area contributed by atoms with Crippen LogP contribution in [0.15, 0.2) is 144 Å². The number of nitrogens with one attached hydrogen (secondary N) is 2. The lowest BCUT2D eigenvalue weighted by atomic mass is 10.0. The number of ether oxygens (including phenoxy) is 6. The summed E-state index contributed by atoms with van der Waals surface area (Å²) in [7, 11) is 1.54. The average Bonchev–Trinajstić information content (AvgIpc) is 3.70. The molecule has 6 aromatic rings. The number of nitrogens with zero attached hydrogens (tertiary/aromatic N) is 2. The molecule has 7 rings (SSSR count). The van der Waals surface area contributed by atoms with Gasteiger partial charge in [-0.2, -0.15) is 0 Å². The van der Waals surface area contributed by atoms with Crippen LogP contribution in [0.2, 0.25) is 10.0 Å². The van der Waals surface area contributed by atoms with Gasteiger partial charge in [0, 0.05) is 23.9 Å². The summed E-state index contributed by atoms with van der Waals surface area (Å²) in [4.78, 5) is 45.0. The van der Waals surface area contributed by atoms with Gasteiger partial charge >= 0.3 is 6.09 Å². The Bertz CT molecular complexity index is 3220. The number of amides is 2. The molecule has 1 aliphatic carbocycles. The SMILES string of the molecule is CCCCCCCCCCCCOc1ccc(OCNC2=CC(=Nc3cc(Cl)c(OCc4ccc(OC(=O)N(C)c5cccc6c(O)c(C(N)=O)ccc56)cc4)c(Cl)c3)C(NCOc3ccc(OCCCCCCCCCCCC)cc3)=CC2=O)cc1. The first-order valence-electron chi connectivity index (χ1n) is 30.9. The van der Waals surface area contributed by atoms with E-state index in [1.807, 2.05) is 48.5 Å². The first-order chi connectivity index (χ1) is 42.4. The molecule has 0 saturated carbocycles. The predicted octanol–water partition coefficient (Wildman–Crippen LogP) is 17.4. The van der Waals surface area contributed by atoms with E-state index in [0.717, 1.165) is 42.7 Å². The summed E-state index contributed by atoms with van der Waals surface area (Å²) in [5.74, 6) is 1.92. The van der Waals surface area contributed by atoms with Crippen LogP contribution >= 0.6 is 23.2 Å². The topological polar surface area (TPSA) is 192 Å². The Labute approximate surface area is 523 Å². The highest BCUT2D eigenvalue weighted by atomic mass is 35.5. The third-order valence-electron chi connectivity index (χ3n) is 14.9. The number of rotatable bonds is 39. The smallest absolute Gasteiger partial charge is 0.419 e. The van der Waals surface area contributed by atoms with Crippen molar-refractivity contribution in [1.82, 2.24) is 10.6 Å². The van der Waals surface area contributed by atoms with Crippen molar-refractivity contribution in [2.75, 3.05) is 38.6 Å². The first-order valence-corrected chi connectivity index (χ1v) is 31.6. The summed E-state index contributed by atoms with van der Waals surface area (Å²) in [5.41, 5.74) is 8.00. The molecule has 5 N–H and O–H groups in total. The number of aromatic hydroxyl groups is 1. The van der Waals surface area contributed by atoms with E-state index in [0.29, 0.717) is 58.3 Å². The number of primary amides is 1. The standard InChI is InChI=1S/C70H85Cl2N5O10/c1-4-6-8-10-12-14-16-18-20-22-41-82-52-31-35-54(36-32-52)85-48-74-62-46-66(78)64(75-49-86-55-37-33-53(34-38-55)83-42-23-21-19-17-15-13-11-9-7-5-2)45-63(62)76-51-43-60(71)68(61(72)44-51)84-47-50-27-29-56(30-28-50)87-70(81)77(3)65-26-24-25-58-57(65)39-40-59(67(58)79)69(73)80/h24-40,43-46,74-75,79H,4-23,41-42,47-49H2,1-3H3,(H2,73,80). The van der Waals surface area contributed by atoms with Crippen molar-refractivity contribution in [1.29, 1.82) is 0 Å². The fourth-order valence-electron chi connectivity index (χ4n) is 9.94. The van der Waals surface area contributed by atoms with Crippen molar-refractivity contribution >= 4 is 68.8 Å². The Morgan fingerprint density at radius 2 is 1.02 bits per heavy atom. The minimum absolute atomic E-state index is 0.00170. The molecule has 0 aromatic heterocycles. The predicted molar refractivity (Wildman–Crippen MR) is 349 cm³/mol. The van der Waals surface area contributed by atoms with Crippen molar-refractivity contribution in [3.8, 4) is 40.2 Å². The van der Waals surface area contributed by atoms with E-state index in [4.69, 9.17) is 62.3 Å². The summed E-state index contributed by atoms with van der Waals surface area (Å²) < 4.78 is 35.9. The molecule has 87 heavy (non-hydrogen) atoms. The Kier molecular flexibility index (Phi) is 27.8. The zero-order chi connectivity index (χ0) is 61.6. The van der Waals surface area contributed by atoms with Crippen molar-refractivity contribution in [2.24, 2.45) is 10.7 Å². The molecule has 6 aromatic carbocycles. The summed E-state index contributed by atoms with van der Waals surface area (Å²) in [5, 5.41) is 18.3. The van der Waals surface area contributed by atoms with Gasteiger partial charge in [-0.25, -0.2) is 9.79 Å². The van der Waals surface area contributed by atoms with E-state index in [1.54, 1.807) is 66.7 Å². The van der Waals surface area contributed by atoms with Gasteiger partial charge in [-0.3, -0.25) is 14.5 Å². The third kappa shape index (κ3) is 21.8. The average molecular weight is 1230 g/mol. The summed E-state index contributed by atoms with van der Waals surface area (Å²) in [6, 6.07) is 32.9. The van der Waals surface area contributed by atoms with Crippen molar-refractivity contribution in [3.63, 3.8) is 0 Å². The number of hydrogen-bond donors (Lipinski definition) is 4.